The van der Waals surface area contributed by atoms with E-state index in [1.54, 1.807) is 7.11 Å². The van der Waals surface area contributed by atoms with Crippen LogP contribution < -0.4 is 10.1 Å². The number of esters is 1. The Morgan fingerprint density at radius 2 is 2.21 bits per heavy atom. The number of hydrogen-bond donors (Lipinski definition) is 1. The third-order valence-corrected chi connectivity index (χ3v) is 2.88. The minimum atomic E-state index is -0.142. The lowest BCUT2D eigenvalue weighted by Gasteiger charge is -2.07. The maximum Gasteiger partial charge on any atom is 0.305 e. The number of ether oxygens (including phenoxy) is 2. The Labute approximate surface area is 119 Å². The highest BCUT2D eigenvalue weighted by Gasteiger charge is 2.03. The van der Waals surface area contributed by atoms with Gasteiger partial charge in [-0.05, 0) is 37.6 Å². The van der Waals surface area contributed by atoms with E-state index in [4.69, 9.17) is 21.1 Å². The monoisotopic (exact) mass is 285 g/mol. The fourth-order valence-corrected chi connectivity index (χ4v) is 1.92. The summed E-state index contributed by atoms with van der Waals surface area (Å²) in [5, 5.41) is 3.86. The lowest BCUT2D eigenvalue weighted by molar-refractivity contribution is -0.143. The highest BCUT2D eigenvalue weighted by molar-refractivity contribution is 6.32. The van der Waals surface area contributed by atoms with E-state index in [2.05, 4.69) is 5.32 Å². The van der Waals surface area contributed by atoms with Crippen LogP contribution in [0.25, 0.3) is 0 Å². The zero-order valence-corrected chi connectivity index (χ0v) is 12.1. The SMILES string of the molecule is CCOC(=O)CCCNCc1ccc(OC)c(Cl)c1. The van der Waals surface area contributed by atoms with Gasteiger partial charge >= 0.3 is 5.97 Å². The van der Waals surface area contributed by atoms with E-state index in [1.165, 1.54) is 0 Å². The van der Waals surface area contributed by atoms with Crippen LogP contribution in [-0.4, -0.2) is 26.2 Å². The highest BCUT2D eigenvalue weighted by atomic mass is 35.5. The zero-order valence-electron chi connectivity index (χ0n) is 11.4. The number of methoxy groups -OCH3 is 1. The standard InChI is InChI=1S/C14H20ClNO3/c1-3-19-14(17)5-4-8-16-10-11-6-7-13(18-2)12(15)9-11/h6-7,9,16H,3-5,8,10H2,1-2H3. The van der Waals surface area contributed by atoms with Crippen LogP contribution in [0, 0.1) is 0 Å². The predicted octanol–water partition coefficient (Wildman–Crippen LogP) is 2.78. The van der Waals surface area contributed by atoms with Crippen molar-refractivity contribution in [3.8, 4) is 5.75 Å². The summed E-state index contributed by atoms with van der Waals surface area (Å²) < 4.78 is 9.94. The van der Waals surface area contributed by atoms with Crippen molar-refractivity contribution in [2.75, 3.05) is 20.3 Å². The molecule has 0 aliphatic carbocycles. The normalized spacial score (nSPS) is 10.3. The second-order valence-corrected chi connectivity index (χ2v) is 4.46. The molecule has 0 amide bonds. The summed E-state index contributed by atoms with van der Waals surface area (Å²) in [6.07, 6.45) is 1.22. The van der Waals surface area contributed by atoms with Gasteiger partial charge in [0.15, 0.2) is 0 Å². The van der Waals surface area contributed by atoms with Gasteiger partial charge in [0.1, 0.15) is 5.75 Å². The molecule has 0 aromatic heterocycles. The molecule has 106 valence electrons. The molecule has 1 N–H and O–H groups in total. The third-order valence-electron chi connectivity index (χ3n) is 2.59. The summed E-state index contributed by atoms with van der Waals surface area (Å²) in [7, 11) is 1.59. The summed E-state index contributed by atoms with van der Waals surface area (Å²) in [6.45, 7) is 3.73. The van der Waals surface area contributed by atoms with Gasteiger partial charge in [-0.2, -0.15) is 0 Å². The zero-order chi connectivity index (χ0) is 14.1. The Morgan fingerprint density at radius 3 is 2.84 bits per heavy atom. The highest BCUT2D eigenvalue weighted by Crippen LogP contribution is 2.24. The molecule has 0 fully saturated rings. The molecule has 0 bridgehead atoms. The van der Waals surface area contributed by atoms with E-state index in [1.807, 2.05) is 25.1 Å². The van der Waals surface area contributed by atoms with Crippen molar-refractivity contribution < 1.29 is 14.3 Å². The number of hydrogen-bond acceptors (Lipinski definition) is 4. The molecular weight excluding hydrogens is 266 g/mol. The Kier molecular flexibility index (Phi) is 7.30. The molecule has 0 atom stereocenters. The molecule has 1 aromatic carbocycles. The first-order valence-electron chi connectivity index (χ1n) is 6.36. The van der Waals surface area contributed by atoms with Crippen molar-refractivity contribution in [3.63, 3.8) is 0 Å². The van der Waals surface area contributed by atoms with Crippen LogP contribution in [0.3, 0.4) is 0 Å². The van der Waals surface area contributed by atoms with Crippen LogP contribution >= 0.6 is 11.6 Å². The smallest absolute Gasteiger partial charge is 0.305 e. The Hall–Kier alpha value is -1.26. The van der Waals surface area contributed by atoms with Crippen LogP contribution in [0.15, 0.2) is 18.2 Å². The summed E-state index contributed by atoms with van der Waals surface area (Å²) in [5.74, 6) is 0.532. The minimum Gasteiger partial charge on any atom is -0.495 e. The third kappa shape index (κ3) is 5.94. The van der Waals surface area contributed by atoms with Crippen molar-refractivity contribution in [2.45, 2.75) is 26.3 Å². The number of carbonyl (C=O) groups excluding carboxylic acids is 1. The van der Waals surface area contributed by atoms with E-state index >= 15 is 0 Å². The van der Waals surface area contributed by atoms with E-state index in [9.17, 15) is 4.79 Å². The van der Waals surface area contributed by atoms with Crippen molar-refractivity contribution >= 4 is 17.6 Å². The van der Waals surface area contributed by atoms with Gasteiger partial charge in [0.25, 0.3) is 0 Å². The molecule has 5 heteroatoms. The molecular formula is C14H20ClNO3. The van der Waals surface area contributed by atoms with Crippen LogP contribution in [0.5, 0.6) is 5.75 Å². The largest absolute Gasteiger partial charge is 0.495 e. The Bertz CT molecular complexity index is 410. The fraction of sp³-hybridized carbons (Fsp3) is 0.500. The molecule has 0 saturated carbocycles. The maximum atomic E-state index is 11.1. The summed E-state index contributed by atoms with van der Waals surface area (Å²) >= 11 is 6.03. The minimum absolute atomic E-state index is 0.142. The molecule has 0 aliphatic rings. The van der Waals surface area contributed by atoms with E-state index < -0.39 is 0 Å². The van der Waals surface area contributed by atoms with Gasteiger partial charge in [0, 0.05) is 13.0 Å². The van der Waals surface area contributed by atoms with Crippen LogP contribution in [0.4, 0.5) is 0 Å². The van der Waals surface area contributed by atoms with Gasteiger partial charge in [0.05, 0.1) is 18.7 Å². The maximum absolute atomic E-state index is 11.1. The van der Waals surface area contributed by atoms with Gasteiger partial charge in [-0.25, -0.2) is 0 Å². The molecule has 0 unspecified atom stereocenters. The van der Waals surface area contributed by atoms with Gasteiger partial charge in [-0.3, -0.25) is 4.79 Å². The van der Waals surface area contributed by atoms with E-state index in [0.717, 1.165) is 18.5 Å². The summed E-state index contributed by atoms with van der Waals surface area (Å²) in [6, 6.07) is 5.68. The number of halogens is 1. The molecule has 0 aliphatic heterocycles. The molecule has 19 heavy (non-hydrogen) atoms. The number of nitrogens with one attached hydrogen (secondary N) is 1. The fourth-order valence-electron chi connectivity index (χ4n) is 1.64. The summed E-state index contributed by atoms with van der Waals surface area (Å²) in [4.78, 5) is 11.1. The molecule has 1 rings (SSSR count). The van der Waals surface area contributed by atoms with E-state index in [-0.39, 0.29) is 5.97 Å². The first-order valence-corrected chi connectivity index (χ1v) is 6.74. The number of carbonyl (C=O) groups is 1. The Morgan fingerprint density at radius 1 is 1.42 bits per heavy atom. The average Bonchev–Trinajstić information content (AvgIpc) is 2.39. The molecule has 4 nitrogen and oxygen atoms in total. The molecule has 0 saturated heterocycles. The van der Waals surface area contributed by atoms with Crippen molar-refractivity contribution in [1.82, 2.24) is 5.32 Å². The number of benzene rings is 1. The number of rotatable bonds is 8. The van der Waals surface area contributed by atoms with Crippen LogP contribution in [0.1, 0.15) is 25.3 Å². The van der Waals surface area contributed by atoms with E-state index in [0.29, 0.717) is 30.3 Å². The average molecular weight is 286 g/mol. The van der Waals surface area contributed by atoms with Gasteiger partial charge < -0.3 is 14.8 Å². The topological polar surface area (TPSA) is 47.6 Å². The molecule has 0 heterocycles. The van der Waals surface area contributed by atoms with Crippen LogP contribution in [0.2, 0.25) is 5.02 Å². The second-order valence-electron chi connectivity index (χ2n) is 4.05. The first kappa shape index (κ1) is 15.8. The predicted molar refractivity (Wildman–Crippen MR) is 75.6 cm³/mol. The molecule has 0 spiro atoms. The van der Waals surface area contributed by atoms with Gasteiger partial charge in [-0.1, -0.05) is 17.7 Å². The van der Waals surface area contributed by atoms with Crippen molar-refractivity contribution in [2.24, 2.45) is 0 Å². The Balaban J connectivity index is 2.22. The van der Waals surface area contributed by atoms with Crippen molar-refractivity contribution in [3.05, 3.63) is 28.8 Å². The van der Waals surface area contributed by atoms with Crippen LogP contribution in [-0.2, 0) is 16.1 Å². The van der Waals surface area contributed by atoms with Gasteiger partial charge in [0.2, 0.25) is 0 Å². The summed E-state index contributed by atoms with van der Waals surface area (Å²) in [5.41, 5.74) is 1.09. The van der Waals surface area contributed by atoms with Gasteiger partial charge in [-0.15, -0.1) is 0 Å². The quantitative estimate of drug-likeness (QED) is 0.589. The first-order chi connectivity index (χ1) is 9.17. The molecule has 0 radical (unpaired) electrons. The molecule has 1 aromatic rings. The lowest BCUT2D eigenvalue weighted by Crippen LogP contribution is -2.16. The van der Waals surface area contributed by atoms with Crippen molar-refractivity contribution in [1.29, 1.82) is 0 Å². The second kappa shape index (κ2) is 8.77. The lowest BCUT2D eigenvalue weighted by atomic mass is 10.2.